The number of rotatable bonds is 6. The fourth-order valence-corrected chi connectivity index (χ4v) is 3.70. The van der Waals surface area contributed by atoms with Crippen molar-refractivity contribution in [2.75, 3.05) is 12.8 Å². The van der Waals surface area contributed by atoms with Crippen molar-refractivity contribution >= 4 is 27.3 Å². The highest BCUT2D eigenvalue weighted by atomic mass is 32.2. The van der Waals surface area contributed by atoms with E-state index in [4.69, 9.17) is 0 Å². The first kappa shape index (κ1) is 15.5. The van der Waals surface area contributed by atoms with Crippen LogP contribution in [0.3, 0.4) is 0 Å². The molecule has 5 nitrogen and oxygen atoms in total. The highest BCUT2D eigenvalue weighted by Gasteiger charge is 2.18. The number of hydrogen-bond donors (Lipinski definition) is 2. The molecule has 1 amide bonds. The van der Waals surface area contributed by atoms with E-state index >= 15 is 0 Å². The van der Waals surface area contributed by atoms with Gasteiger partial charge in [0.2, 0.25) is 10.0 Å². The van der Waals surface area contributed by atoms with Crippen molar-refractivity contribution in [2.45, 2.75) is 38.1 Å². The number of sulfonamides is 1. The maximum atomic E-state index is 12.0. The summed E-state index contributed by atoms with van der Waals surface area (Å²) in [6.07, 6.45) is 6.27. The van der Waals surface area contributed by atoms with E-state index in [9.17, 15) is 13.2 Å². The van der Waals surface area contributed by atoms with Crippen LogP contribution in [0.1, 0.15) is 40.2 Å². The summed E-state index contributed by atoms with van der Waals surface area (Å²) in [5.41, 5.74) is 0. The molecule has 2 N–H and O–H groups in total. The average molecular weight is 316 g/mol. The van der Waals surface area contributed by atoms with Gasteiger partial charge in [-0.25, -0.2) is 13.1 Å². The summed E-state index contributed by atoms with van der Waals surface area (Å²) >= 11 is 1.43. The van der Waals surface area contributed by atoms with Gasteiger partial charge in [0, 0.05) is 17.5 Å². The van der Waals surface area contributed by atoms with Gasteiger partial charge in [0.1, 0.15) is 0 Å². The van der Waals surface area contributed by atoms with Crippen molar-refractivity contribution in [3.63, 3.8) is 0 Å². The third kappa shape index (κ3) is 4.88. The number of amides is 1. The molecule has 0 spiro atoms. The second kappa shape index (κ2) is 6.69. The summed E-state index contributed by atoms with van der Waals surface area (Å²) in [6, 6.07) is 4.02. The monoisotopic (exact) mass is 316 g/mol. The van der Waals surface area contributed by atoms with Crippen LogP contribution in [0.5, 0.6) is 0 Å². The number of carbonyl (C=O) groups excluding carboxylic acids is 1. The van der Waals surface area contributed by atoms with E-state index in [0.29, 0.717) is 23.9 Å². The van der Waals surface area contributed by atoms with E-state index < -0.39 is 10.0 Å². The second-order valence-electron chi connectivity index (χ2n) is 5.14. The summed E-state index contributed by atoms with van der Waals surface area (Å²) in [4.78, 5) is 13.7. The van der Waals surface area contributed by atoms with Gasteiger partial charge in [0.15, 0.2) is 0 Å². The minimum absolute atomic E-state index is 0.00998. The maximum absolute atomic E-state index is 12.0. The van der Waals surface area contributed by atoms with Gasteiger partial charge in [-0.3, -0.25) is 4.79 Å². The summed E-state index contributed by atoms with van der Waals surface area (Å²) in [5.74, 6) is -0.00998. The van der Waals surface area contributed by atoms with Crippen LogP contribution in [0.2, 0.25) is 0 Å². The molecule has 1 aliphatic carbocycles. The molecule has 0 radical (unpaired) electrons. The molecule has 112 valence electrons. The Bertz CT molecular complexity index is 560. The quantitative estimate of drug-likeness (QED) is 0.835. The topological polar surface area (TPSA) is 75.3 Å². The van der Waals surface area contributed by atoms with E-state index in [1.54, 1.807) is 0 Å². The lowest BCUT2D eigenvalue weighted by Crippen LogP contribution is -2.31. The maximum Gasteiger partial charge on any atom is 0.261 e. The van der Waals surface area contributed by atoms with Gasteiger partial charge >= 0.3 is 0 Å². The number of hydrogen-bond acceptors (Lipinski definition) is 4. The zero-order chi connectivity index (χ0) is 14.6. The smallest absolute Gasteiger partial charge is 0.261 e. The highest BCUT2D eigenvalue weighted by molar-refractivity contribution is 7.88. The Hall–Kier alpha value is -0.920. The normalized spacial score (nSPS) is 16.4. The van der Waals surface area contributed by atoms with Crippen LogP contribution < -0.4 is 10.0 Å². The van der Waals surface area contributed by atoms with Gasteiger partial charge in [-0.05, 0) is 31.4 Å². The number of thiophene rings is 1. The Labute approximate surface area is 123 Å². The molecule has 0 atom stereocenters. The molecular formula is C13H20N2O3S2. The van der Waals surface area contributed by atoms with Crippen molar-refractivity contribution in [1.29, 1.82) is 0 Å². The molecule has 0 bridgehead atoms. The Morgan fingerprint density at radius 2 is 2.05 bits per heavy atom. The summed E-state index contributed by atoms with van der Waals surface area (Å²) in [5, 5.41) is 3.05. The van der Waals surface area contributed by atoms with Gasteiger partial charge in [0.25, 0.3) is 5.91 Å². The van der Waals surface area contributed by atoms with Crippen molar-refractivity contribution < 1.29 is 13.2 Å². The lowest BCUT2D eigenvalue weighted by atomic mass is 10.2. The molecular weight excluding hydrogens is 296 g/mol. The highest BCUT2D eigenvalue weighted by Crippen LogP contribution is 2.20. The van der Waals surface area contributed by atoms with Crippen LogP contribution in [0.25, 0.3) is 0 Å². The summed E-state index contributed by atoms with van der Waals surface area (Å²) < 4.78 is 24.4. The lowest BCUT2D eigenvalue weighted by molar-refractivity contribution is 0.0942. The van der Waals surface area contributed by atoms with E-state index in [0.717, 1.165) is 24.0 Å². The van der Waals surface area contributed by atoms with Gasteiger partial charge in [-0.15, -0.1) is 11.3 Å². The minimum atomic E-state index is -3.14. The first-order valence-electron chi connectivity index (χ1n) is 6.78. The molecule has 0 aliphatic heterocycles. The van der Waals surface area contributed by atoms with Gasteiger partial charge in [-0.2, -0.15) is 0 Å². The molecule has 20 heavy (non-hydrogen) atoms. The predicted molar refractivity (Wildman–Crippen MR) is 80.6 cm³/mol. The molecule has 1 saturated carbocycles. The van der Waals surface area contributed by atoms with Gasteiger partial charge in [0.05, 0.1) is 11.1 Å². The van der Waals surface area contributed by atoms with Crippen LogP contribution in [0.15, 0.2) is 12.1 Å². The third-order valence-electron chi connectivity index (χ3n) is 3.31. The summed E-state index contributed by atoms with van der Waals surface area (Å²) in [7, 11) is -3.14. The van der Waals surface area contributed by atoms with Crippen LogP contribution in [-0.4, -0.2) is 33.2 Å². The van der Waals surface area contributed by atoms with Crippen LogP contribution in [0, 0.1) is 0 Å². The Morgan fingerprint density at radius 3 is 2.70 bits per heavy atom. The minimum Gasteiger partial charge on any atom is -0.349 e. The van der Waals surface area contributed by atoms with Crippen LogP contribution in [0.4, 0.5) is 0 Å². The van der Waals surface area contributed by atoms with Crippen LogP contribution >= 0.6 is 11.3 Å². The standard InChI is InChI=1S/C13H20N2O3S2/c1-20(17,18)14-9-8-11-6-7-12(19-11)13(16)15-10-4-2-3-5-10/h6-7,10,14H,2-5,8-9H2,1H3,(H,15,16). The van der Waals surface area contributed by atoms with Crippen molar-refractivity contribution in [3.05, 3.63) is 21.9 Å². The van der Waals surface area contributed by atoms with E-state index in [-0.39, 0.29) is 5.91 Å². The summed E-state index contributed by atoms with van der Waals surface area (Å²) in [6.45, 7) is 0.364. The van der Waals surface area contributed by atoms with Gasteiger partial charge < -0.3 is 5.32 Å². The number of nitrogens with one attached hydrogen (secondary N) is 2. The Morgan fingerprint density at radius 1 is 1.35 bits per heavy atom. The SMILES string of the molecule is CS(=O)(=O)NCCc1ccc(C(=O)NC2CCCC2)s1. The largest absolute Gasteiger partial charge is 0.349 e. The fraction of sp³-hybridized carbons (Fsp3) is 0.615. The van der Waals surface area contributed by atoms with E-state index in [2.05, 4.69) is 10.0 Å². The van der Waals surface area contributed by atoms with E-state index in [1.807, 2.05) is 12.1 Å². The van der Waals surface area contributed by atoms with Crippen molar-refractivity contribution in [3.8, 4) is 0 Å². The Balaban J connectivity index is 1.83. The lowest BCUT2D eigenvalue weighted by Gasteiger charge is -2.10. The molecule has 2 rings (SSSR count). The third-order valence-corrected chi connectivity index (χ3v) is 5.18. The van der Waals surface area contributed by atoms with Crippen LogP contribution in [-0.2, 0) is 16.4 Å². The zero-order valence-corrected chi connectivity index (χ0v) is 13.1. The molecule has 0 aromatic carbocycles. The zero-order valence-electron chi connectivity index (χ0n) is 11.5. The fourth-order valence-electron chi connectivity index (χ4n) is 2.32. The van der Waals surface area contributed by atoms with E-state index in [1.165, 1.54) is 24.2 Å². The van der Waals surface area contributed by atoms with Gasteiger partial charge in [-0.1, -0.05) is 12.8 Å². The molecule has 1 aromatic heterocycles. The predicted octanol–water partition coefficient (Wildman–Crippen LogP) is 1.51. The van der Waals surface area contributed by atoms with Crippen molar-refractivity contribution in [1.82, 2.24) is 10.0 Å². The molecule has 1 aromatic rings. The first-order chi connectivity index (χ1) is 9.44. The Kier molecular flexibility index (Phi) is 5.17. The van der Waals surface area contributed by atoms with Crippen molar-refractivity contribution in [2.24, 2.45) is 0 Å². The average Bonchev–Trinajstić information content (AvgIpc) is 2.98. The first-order valence-corrected chi connectivity index (χ1v) is 9.49. The molecule has 0 saturated heterocycles. The second-order valence-corrected chi connectivity index (χ2v) is 8.14. The molecule has 7 heteroatoms. The molecule has 1 aliphatic rings. The molecule has 1 heterocycles. The molecule has 1 fully saturated rings. The molecule has 0 unspecified atom stereocenters. The number of carbonyl (C=O) groups is 1.